The fraction of sp³-hybridized carbons (Fsp3) is 0.600. The molecule has 1 aromatic carbocycles. The van der Waals surface area contributed by atoms with Crippen molar-refractivity contribution >= 4 is 0 Å². The fourth-order valence-electron chi connectivity index (χ4n) is 2.84. The van der Waals surface area contributed by atoms with Crippen molar-refractivity contribution in [2.45, 2.75) is 33.2 Å². The molecule has 1 aromatic rings. The highest BCUT2D eigenvalue weighted by Gasteiger charge is 2.30. The Bertz CT molecular complexity index is 389. The van der Waals surface area contributed by atoms with Crippen LogP contribution in [0, 0.1) is 11.8 Å². The van der Waals surface area contributed by atoms with Crippen LogP contribution in [-0.4, -0.2) is 13.7 Å². The Morgan fingerprint density at radius 3 is 2.76 bits per heavy atom. The summed E-state index contributed by atoms with van der Waals surface area (Å²) in [5, 5.41) is 3.62. The van der Waals surface area contributed by atoms with E-state index in [9.17, 15) is 0 Å². The summed E-state index contributed by atoms with van der Waals surface area (Å²) < 4.78 is 5.34. The zero-order valence-corrected chi connectivity index (χ0v) is 11.3. The van der Waals surface area contributed by atoms with E-state index in [2.05, 4.69) is 44.3 Å². The Labute approximate surface area is 104 Å². The minimum atomic E-state index is 0.467. The average Bonchev–Trinajstić information content (AvgIpc) is 2.34. The Kier molecular flexibility index (Phi) is 3.72. The van der Waals surface area contributed by atoms with Crippen molar-refractivity contribution in [1.29, 1.82) is 0 Å². The maximum Gasteiger partial charge on any atom is 0.119 e. The molecule has 1 aliphatic rings. The smallest absolute Gasteiger partial charge is 0.119 e. The van der Waals surface area contributed by atoms with Gasteiger partial charge in [0.05, 0.1) is 7.11 Å². The Morgan fingerprint density at radius 1 is 1.35 bits per heavy atom. The highest BCUT2D eigenvalue weighted by Crippen LogP contribution is 2.39. The first-order valence-electron chi connectivity index (χ1n) is 6.57. The Balaban J connectivity index is 2.40. The maximum absolute atomic E-state index is 5.34. The van der Waals surface area contributed by atoms with Gasteiger partial charge in [-0.25, -0.2) is 0 Å². The van der Waals surface area contributed by atoms with Crippen molar-refractivity contribution in [2.75, 3.05) is 13.7 Å². The van der Waals surface area contributed by atoms with E-state index in [1.54, 1.807) is 7.11 Å². The summed E-state index contributed by atoms with van der Waals surface area (Å²) in [5.74, 6) is 2.38. The van der Waals surface area contributed by atoms with Gasteiger partial charge >= 0.3 is 0 Å². The Hall–Kier alpha value is -1.02. The Morgan fingerprint density at radius 2 is 2.12 bits per heavy atom. The molecule has 0 fully saturated rings. The molecule has 0 spiro atoms. The molecule has 3 atom stereocenters. The first-order chi connectivity index (χ1) is 8.17. The van der Waals surface area contributed by atoms with Crippen molar-refractivity contribution in [3.05, 3.63) is 29.3 Å². The molecular weight excluding hydrogens is 210 g/mol. The summed E-state index contributed by atoms with van der Waals surface area (Å²) >= 11 is 0. The summed E-state index contributed by atoms with van der Waals surface area (Å²) in [6.07, 6.45) is 1.18. The predicted octanol–water partition coefficient (Wildman–Crippen LogP) is 3.17. The molecule has 1 N–H and O–H groups in total. The van der Waals surface area contributed by atoms with Gasteiger partial charge in [0.1, 0.15) is 5.75 Å². The second-order valence-corrected chi connectivity index (χ2v) is 5.14. The highest BCUT2D eigenvalue weighted by atomic mass is 16.5. The molecule has 0 bridgehead atoms. The van der Waals surface area contributed by atoms with Gasteiger partial charge in [-0.1, -0.05) is 26.8 Å². The van der Waals surface area contributed by atoms with Crippen molar-refractivity contribution in [1.82, 2.24) is 5.32 Å². The lowest BCUT2D eigenvalue weighted by molar-refractivity contribution is 0.266. The molecule has 2 rings (SSSR count). The second-order valence-electron chi connectivity index (χ2n) is 5.14. The third-order valence-corrected chi connectivity index (χ3v) is 4.08. The molecule has 0 saturated carbocycles. The number of hydrogen-bond acceptors (Lipinski definition) is 2. The zero-order chi connectivity index (χ0) is 12.4. The van der Waals surface area contributed by atoms with Crippen LogP contribution in [0.15, 0.2) is 18.2 Å². The molecular formula is C15H23NO. The van der Waals surface area contributed by atoms with Crippen LogP contribution in [0.25, 0.3) is 0 Å². The molecule has 94 valence electrons. The van der Waals surface area contributed by atoms with Crippen molar-refractivity contribution in [2.24, 2.45) is 11.8 Å². The lowest BCUT2D eigenvalue weighted by Crippen LogP contribution is -2.35. The quantitative estimate of drug-likeness (QED) is 0.866. The number of benzene rings is 1. The number of fused-ring (bicyclic) bond motifs is 1. The fourth-order valence-corrected chi connectivity index (χ4v) is 2.84. The van der Waals surface area contributed by atoms with Crippen LogP contribution in [0.1, 0.15) is 37.9 Å². The van der Waals surface area contributed by atoms with Crippen LogP contribution in [0.4, 0.5) is 0 Å². The van der Waals surface area contributed by atoms with Crippen LogP contribution in [0.3, 0.4) is 0 Å². The van der Waals surface area contributed by atoms with Crippen molar-refractivity contribution < 1.29 is 4.74 Å². The van der Waals surface area contributed by atoms with Gasteiger partial charge in [0.2, 0.25) is 0 Å². The van der Waals surface area contributed by atoms with E-state index in [1.807, 2.05) is 0 Å². The molecule has 1 aliphatic carbocycles. The van der Waals surface area contributed by atoms with E-state index in [0.717, 1.165) is 18.2 Å². The highest BCUT2D eigenvalue weighted by molar-refractivity contribution is 5.40. The minimum absolute atomic E-state index is 0.467. The molecule has 0 radical (unpaired) electrons. The molecule has 0 aliphatic heterocycles. The molecule has 17 heavy (non-hydrogen) atoms. The van der Waals surface area contributed by atoms with Crippen LogP contribution in [0.2, 0.25) is 0 Å². The SMILES string of the molecule is CCNC1c2cc(OC)ccc2CC(C)C1C. The third kappa shape index (κ3) is 2.32. The van der Waals surface area contributed by atoms with Gasteiger partial charge in [-0.2, -0.15) is 0 Å². The van der Waals surface area contributed by atoms with E-state index < -0.39 is 0 Å². The van der Waals surface area contributed by atoms with Crippen LogP contribution < -0.4 is 10.1 Å². The normalized spacial score (nSPS) is 27.6. The van der Waals surface area contributed by atoms with Gasteiger partial charge in [0.25, 0.3) is 0 Å². The van der Waals surface area contributed by atoms with Crippen molar-refractivity contribution in [3.8, 4) is 5.75 Å². The third-order valence-electron chi connectivity index (χ3n) is 4.08. The average molecular weight is 233 g/mol. The zero-order valence-electron chi connectivity index (χ0n) is 11.3. The van der Waals surface area contributed by atoms with Crippen molar-refractivity contribution in [3.63, 3.8) is 0 Å². The molecule has 0 amide bonds. The molecule has 0 saturated heterocycles. The number of methoxy groups -OCH3 is 1. The van der Waals surface area contributed by atoms with E-state index >= 15 is 0 Å². The van der Waals surface area contributed by atoms with E-state index in [-0.39, 0.29) is 0 Å². The largest absolute Gasteiger partial charge is 0.497 e. The van der Waals surface area contributed by atoms with Gasteiger partial charge in [0, 0.05) is 6.04 Å². The summed E-state index contributed by atoms with van der Waals surface area (Å²) in [4.78, 5) is 0. The number of nitrogens with one attached hydrogen (secondary N) is 1. The first-order valence-corrected chi connectivity index (χ1v) is 6.57. The summed E-state index contributed by atoms with van der Waals surface area (Å²) in [7, 11) is 1.73. The van der Waals surface area contributed by atoms with Gasteiger partial charge in [-0.15, -0.1) is 0 Å². The monoisotopic (exact) mass is 233 g/mol. The molecule has 0 heterocycles. The van der Waals surface area contributed by atoms with Gasteiger partial charge < -0.3 is 10.1 Å². The topological polar surface area (TPSA) is 21.3 Å². The van der Waals surface area contributed by atoms with Gasteiger partial charge in [-0.3, -0.25) is 0 Å². The van der Waals surface area contributed by atoms with E-state index in [1.165, 1.54) is 17.5 Å². The van der Waals surface area contributed by atoms with Gasteiger partial charge in [0.15, 0.2) is 0 Å². The van der Waals surface area contributed by atoms with E-state index in [4.69, 9.17) is 4.74 Å². The second kappa shape index (κ2) is 5.09. The predicted molar refractivity (Wildman–Crippen MR) is 71.4 cm³/mol. The molecule has 2 heteroatoms. The molecule has 0 aromatic heterocycles. The molecule has 3 unspecified atom stereocenters. The lowest BCUT2D eigenvalue weighted by atomic mass is 9.74. The van der Waals surface area contributed by atoms with Crippen LogP contribution >= 0.6 is 0 Å². The summed E-state index contributed by atoms with van der Waals surface area (Å²) in [5.41, 5.74) is 2.90. The number of ether oxygens (including phenoxy) is 1. The number of rotatable bonds is 3. The van der Waals surface area contributed by atoms with Gasteiger partial charge in [-0.05, 0) is 48.1 Å². The first kappa shape index (κ1) is 12.4. The van der Waals surface area contributed by atoms with Crippen LogP contribution in [-0.2, 0) is 6.42 Å². The standard InChI is InChI=1S/C15H23NO/c1-5-16-15-11(3)10(2)8-12-6-7-13(17-4)9-14(12)15/h6-7,9-11,15-16H,5,8H2,1-4H3. The lowest BCUT2D eigenvalue weighted by Gasteiger charge is -2.36. The summed E-state index contributed by atoms with van der Waals surface area (Å²) in [6, 6.07) is 6.96. The summed E-state index contributed by atoms with van der Waals surface area (Å²) in [6.45, 7) is 7.88. The number of hydrogen-bond donors (Lipinski definition) is 1. The van der Waals surface area contributed by atoms with E-state index in [0.29, 0.717) is 12.0 Å². The minimum Gasteiger partial charge on any atom is -0.497 e. The molecule has 2 nitrogen and oxygen atoms in total. The maximum atomic E-state index is 5.34. The van der Waals surface area contributed by atoms with Crippen LogP contribution in [0.5, 0.6) is 5.75 Å².